The van der Waals surface area contributed by atoms with Gasteiger partial charge in [0.1, 0.15) is 0 Å². The van der Waals surface area contributed by atoms with E-state index in [1.54, 1.807) is 0 Å². The first-order valence-electron chi connectivity index (χ1n) is 8.83. The number of benzene rings is 1. The van der Waals surface area contributed by atoms with Crippen LogP contribution in [0.15, 0.2) is 24.3 Å². The van der Waals surface area contributed by atoms with Crippen molar-refractivity contribution in [2.24, 2.45) is 0 Å². The summed E-state index contributed by atoms with van der Waals surface area (Å²) in [6.07, 6.45) is 10.9. The number of nitrogen functional groups attached to an aromatic ring is 1. The number of rotatable bonds is 12. The number of nitrogens with zero attached hydrogens (tertiary/aromatic N) is 1. The lowest BCUT2D eigenvalue weighted by atomic mass is 10.1. The molecule has 2 N–H and O–H groups in total. The van der Waals surface area contributed by atoms with Crippen LogP contribution in [-0.2, 0) is 6.54 Å². The summed E-state index contributed by atoms with van der Waals surface area (Å²) < 4.78 is 0. The molecule has 0 atom stereocenters. The van der Waals surface area contributed by atoms with Crippen LogP contribution in [0.3, 0.4) is 0 Å². The fourth-order valence-electron chi connectivity index (χ4n) is 2.80. The Morgan fingerprint density at radius 2 is 1.48 bits per heavy atom. The molecule has 0 heterocycles. The smallest absolute Gasteiger partial charge is 0.0359 e. The fourth-order valence-corrected chi connectivity index (χ4v) is 2.80. The van der Waals surface area contributed by atoms with Crippen LogP contribution in [0.4, 0.5) is 5.69 Å². The van der Waals surface area contributed by atoms with Crippen LogP contribution in [0.5, 0.6) is 0 Å². The van der Waals surface area contributed by atoms with Gasteiger partial charge in [0, 0.05) is 12.2 Å². The lowest BCUT2D eigenvalue weighted by Gasteiger charge is -2.22. The van der Waals surface area contributed by atoms with Crippen molar-refractivity contribution in [3.05, 3.63) is 29.8 Å². The number of hydrogen-bond acceptors (Lipinski definition) is 2. The van der Waals surface area contributed by atoms with Crippen LogP contribution in [0.25, 0.3) is 0 Å². The van der Waals surface area contributed by atoms with Gasteiger partial charge in [0.15, 0.2) is 0 Å². The second-order valence-electron chi connectivity index (χ2n) is 6.10. The Kier molecular flexibility index (Phi) is 9.98. The summed E-state index contributed by atoms with van der Waals surface area (Å²) in [5.41, 5.74) is 8.26. The van der Waals surface area contributed by atoms with Crippen LogP contribution in [0.1, 0.15) is 70.8 Å². The first kappa shape index (κ1) is 18.0. The van der Waals surface area contributed by atoms with Gasteiger partial charge in [-0.15, -0.1) is 0 Å². The van der Waals surface area contributed by atoms with Crippen LogP contribution in [-0.4, -0.2) is 18.0 Å². The first-order valence-corrected chi connectivity index (χ1v) is 8.83. The average Bonchev–Trinajstić information content (AvgIpc) is 2.48. The Hall–Kier alpha value is -1.02. The molecule has 1 aromatic carbocycles. The molecule has 2 nitrogen and oxygen atoms in total. The number of hydrogen-bond donors (Lipinski definition) is 1. The van der Waals surface area contributed by atoms with Crippen LogP contribution in [0.2, 0.25) is 0 Å². The molecule has 2 heteroatoms. The van der Waals surface area contributed by atoms with Crippen molar-refractivity contribution >= 4 is 5.69 Å². The van der Waals surface area contributed by atoms with E-state index in [4.69, 9.17) is 5.73 Å². The van der Waals surface area contributed by atoms with Crippen molar-refractivity contribution in [2.75, 3.05) is 18.8 Å². The third kappa shape index (κ3) is 8.11. The van der Waals surface area contributed by atoms with Gasteiger partial charge in [-0.25, -0.2) is 0 Å². The van der Waals surface area contributed by atoms with E-state index >= 15 is 0 Å². The molecule has 0 unspecified atom stereocenters. The molecular weight excluding hydrogens is 256 g/mol. The molecule has 0 aliphatic carbocycles. The molecule has 0 saturated carbocycles. The molecule has 0 radical (unpaired) electrons. The van der Waals surface area contributed by atoms with Gasteiger partial charge in [-0.2, -0.15) is 0 Å². The highest BCUT2D eigenvalue weighted by atomic mass is 15.1. The van der Waals surface area contributed by atoms with E-state index in [2.05, 4.69) is 30.9 Å². The van der Waals surface area contributed by atoms with E-state index in [0.29, 0.717) is 0 Å². The minimum atomic E-state index is 0.929. The maximum atomic E-state index is 6.06. The predicted octanol–water partition coefficient (Wildman–Crippen LogP) is 5.23. The van der Waals surface area contributed by atoms with E-state index in [9.17, 15) is 0 Å². The lowest BCUT2D eigenvalue weighted by molar-refractivity contribution is 0.259. The highest BCUT2D eigenvalue weighted by Crippen LogP contribution is 2.15. The third-order valence-electron chi connectivity index (χ3n) is 4.07. The minimum Gasteiger partial charge on any atom is -0.398 e. The molecule has 0 saturated heterocycles. The largest absolute Gasteiger partial charge is 0.398 e. The van der Waals surface area contributed by atoms with E-state index in [0.717, 1.165) is 12.2 Å². The Balaban J connectivity index is 2.25. The Labute approximate surface area is 131 Å². The molecule has 0 aliphatic heterocycles. The summed E-state index contributed by atoms with van der Waals surface area (Å²) in [5, 5.41) is 0. The topological polar surface area (TPSA) is 29.3 Å². The molecule has 1 aromatic rings. The monoisotopic (exact) mass is 290 g/mol. The zero-order valence-electron chi connectivity index (χ0n) is 14.1. The SMILES string of the molecule is CCCCCCCCCN(CCC)Cc1ccccc1N. The molecular formula is C19H34N2. The molecule has 0 aromatic heterocycles. The zero-order valence-corrected chi connectivity index (χ0v) is 14.1. The lowest BCUT2D eigenvalue weighted by Crippen LogP contribution is -2.25. The Morgan fingerprint density at radius 3 is 2.14 bits per heavy atom. The summed E-state index contributed by atoms with van der Waals surface area (Å²) in [7, 11) is 0. The average molecular weight is 290 g/mol. The molecule has 0 bridgehead atoms. The Bertz CT molecular complexity index is 362. The molecule has 120 valence electrons. The number of para-hydroxylation sites is 1. The summed E-state index contributed by atoms with van der Waals surface area (Å²) in [6, 6.07) is 8.26. The standard InChI is InChI=1S/C19H34N2/c1-3-5-6-7-8-9-12-16-21(15-4-2)17-18-13-10-11-14-19(18)20/h10-11,13-14H,3-9,12,15-17,20H2,1-2H3. The van der Waals surface area contributed by atoms with Crippen molar-refractivity contribution in [2.45, 2.75) is 71.8 Å². The van der Waals surface area contributed by atoms with Gasteiger partial charge in [0.2, 0.25) is 0 Å². The van der Waals surface area contributed by atoms with Crippen LogP contribution in [0, 0.1) is 0 Å². The van der Waals surface area contributed by atoms with E-state index in [1.807, 2.05) is 12.1 Å². The highest BCUT2D eigenvalue weighted by molar-refractivity contribution is 5.46. The quantitative estimate of drug-likeness (QED) is 0.422. The van der Waals surface area contributed by atoms with Crippen LogP contribution >= 0.6 is 0 Å². The molecule has 0 amide bonds. The summed E-state index contributed by atoms with van der Waals surface area (Å²) in [5.74, 6) is 0. The van der Waals surface area contributed by atoms with Gasteiger partial charge in [0.05, 0.1) is 0 Å². The van der Waals surface area contributed by atoms with Gasteiger partial charge < -0.3 is 5.73 Å². The number of nitrogens with two attached hydrogens (primary N) is 1. The van der Waals surface area contributed by atoms with Gasteiger partial charge in [0.25, 0.3) is 0 Å². The summed E-state index contributed by atoms with van der Waals surface area (Å²) in [6.45, 7) is 7.90. The first-order chi connectivity index (χ1) is 10.3. The van der Waals surface area contributed by atoms with Gasteiger partial charge in [-0.3, -0.25) is 4.90 Å². The highest BCUT2D eigenvalue weighted by Gasteiger charge is 2.06. The third-order valence-corrected chi connectivity index (χ3v) is 4.07. The molecule has 0 aliphatic rings. The predicted molar refractivity (Wildman–Crippen MR) is 94.4 cm³/mol. The van der Waals surface area contributed by atoms with Crippen molar-refractivity contribution in [3.63, 3.8) is 0 Å². The maximum Gasteiger partial charge on any atom is 0.0359 e. The normalized spacial score (nSPS) is 11.2. The molecule has 0 spiro atoms. The van der Waals surface area contributed by atoms with E-state index < -0.39 is 0 Å². The second-order valence-corrected chi connectivity index (χ2v) is 6.10. The van der Waals surface area contributed by atoms with Crippen molar-refractivity contribution in [3.8, 4) is 0 Å². The molecule has 21 heavy (non-hydrogen) atoms. The number of unbranched alkanes of at least 4 members (excludes halogenated alkanes) is 6. The van der Waals surface area contributed by atoms with Crippen molar-refractivity contribution < 1.29 is 0 Å². The van der Waals surface area contributed by atoms with Crippen molar-refractivity contribution in [1.29, 1.82) is 0 Å². The van der Waals surface area contributed by atoms with Crippen LogP contribution < -0.4 is 5.73 Å². The number of anilines is 1. The zero-order chi connectivity index (χ0) is 15.3. The second kappa shape index (κ2) is 11.6. The van der Waals surface area contributed by atoms with Gasteiger partial charge in [-0.05, 0) is 37.6 Å². The molecule has 0 fully saturated rings. The van der Waals surface area contributed by atoms with E-state index in [-0.39, 0.29) is 0 Å². The fraction of sp³-hybridized carbons (Fsp3) is 0.684. The summed E-state index contributed by atoms with van der Waals surface area (Å²) in [4.78, 5) is 2.55. The minimum absolute atomic E-state index is 0.929. The molecule has 1 rings (SSSR count). The van der Waals surface area contributed by atoms with E-state index in [1.165, 1.54) is 70.0 Å². The summed E-state index contributed by atoms with van der Waals surface area (Å²) >= 11 is 0. The van der Waals surface area contributed by atoms with Gasteiger partial charge >= 0.3 is 0 Å². The maximum absolute atomic E-state index is 6.06. The Morgan fingerprint density at radius 1 is 0.810 bits per heavy atom. The van der Waals surface area contributed by atoms with Gasteiger partial charge in [-0.1, -0.05) is 70.6 Å². The van der Waals surface area contributed by atoms with Crippen molar-refractivity contribution in [1.82, 2.24) is 4.90 Å².